The number of nitrogens with one attached hydrogen (secondary N) is 2. The Balaban J connectivity index is 0.997. The second-order valence-electron chi connectivity index (χ2n) is 12.4. The molecule has 0 unspecified atom stereocenters. The highest BCUT2D eigenvalue weighted by molar-refractivity contribution is 7.99. The van der Waals surface area contributed by atoms with Crippen LogP contribution in [0.3, 0.4) is 0 Å². The largest absolute Gasteiger partial charge is 0.457 e. The standard InChI is InChI=1S/C43H39N3O5S/c47-28-30-13-15-32(16-14-30)40-26-38(29-52-41-12-6-7-25-44-41)50-42(51-40)33-19-17-31(18-20-33)39-11-5-4-8-34(39)27-45-43(48)46-35-21-23-37(24-22-35)49-36-9-2-1-3-10-36/h1-25,38,40,42,47H,26-29H2,(H2,45,46,48)/t38-,40+,42+/m0/s1. The first-order chi connectivity index (χ1) is 25.6. The molecule has 3 N–H and O–H groups in total. The van der Waals surface area contributed by atoms with Gasteiger partial charge in [0.2, 0.25) is 0 Å². The van der Waals surface area contributed by atoms with Crippen molar-refractivity contribution in [1.82, 2.24) is 10.3 Å². The van der Waals surface area contributed by atoms with Gasteiger partial charge >= 0.3 is 6.03 Å². The lowest BCUT2D eigenvalue weighted by atomic mass is 9.98. The van der Waals surface area contributed by atoms with E-state index in [1.54, 1.807) is 18.0 Å². The number of para-hydroxylation sites is 1. The lowest BCUT2D eigenvalue weighted by molar-refractivity contribution is -0.245. The summed E-state index contributed by atoms with van der Waals surface area (Å²) in [7, 11) is 0. The van der Waals surface area contributed by atoms with Crippen molar-refractivity contribution in [2.75, 3.05) is 11.1 Å². The number of pyridine rings is 1. The van der Waals surface area contributed by atoms with Crippen molar-refractivity contribution in [3.05, 3.63) is 174 Å². The summed E-state index contributed by atoms with van der Waals surface area (Å²) in [6, 6.07) is 46.6. The van der Waals surface area contributed by atoms with Gasteiger partial charge in [-0.15, -0.1) is 11.8 Å². The van der Waals surface area contributed by atoms with Crippen LogP contribution in [-0.2, 0) is 22.6 Å². The number of benzene rings is 5. The topological polar surface area (TPSA) is 102 Å². The maximum Gasteiger partial charge on any atom is 0.319 e. The number of hydrogen-bond donors (Lipinski definition) is 3. The summed E-state index contributed by atoms with van der Waals surface area (Å²) in [6.45, 7) is 0.347. The number of anilines is 1. The van der Waals surface area contributed by atoms with Crippen molar-refractivity contribution in [2.24, 2.45) is 0 Å². The van der Waals surface area contributed by atoms with Gasteiger partial charge in [0, 0.05) is 36.2 Å². The fourth-order valence-electron chi connectivity index (χ4n) is 5.99. The molecule has 0 radical (unpaired) electrons. The van der Waals surface area contributed by atoms with E-state index in [4.69, 9.17) is 14.2 Å². The number of ether oxygens (including phenoxy) is 3. The van der Waals surface area contributed by atoms with Crippen molar-refractivity contribution in [2.45, 2.75) is 43.1 Å². The summed E-state index contributed by atoms with van der Waals surface area (Å²) in [4.78, 5) is 17.3. The molecule has 1 aliphatic heterocycles. The molecule has 262 valence electrons. The van der Waals surface area contributed by atoms with E-state index in [1.807, 2.05) is 127 Å². The van der Waals surface area contributed by atoms with Gasteiger partial charge in [0.1, 0.15) is 11.5 Å². The van der Waals surface area contributed by atoms with Crippen molar-refractivity contribution < 1.29 is 24.1 Å². The first-order valence-corrected chi connectivity index (χ1v) is 18.2. The van der Waals surface area contributed by atoms with Crippen LogP contribution in [0.1, 0.15) is 41.1 Å². The van der Waals surface area contributed by atoms with E-state index in [2.05, 4.69) is 33.8 Å². The molecule has 2 amide bonds. The molecule has 1 aromatic heterocycles. The number of aromatic nitrogens is 1. The Labute approximate surface area is 307 Å². The zero-order chi connectivity index (χ0) is 35.5. The third-order valence-corrected chi connectivity index (χ3v) is 9.79. The smallest absolute Gasteiger partial charge is 0.319 e. The summed E-state index contributed by atoms with van der Waals surface area (Å²) in [5.74, 6) is 2.18. The van der Waals surface area contributed by atoms with Gasteiger partial charge in [0.15, 0.2) is 6.29 Å². The van der Waals surface area contributed by atoms with Gasteiger partial charge in [-0.3, -0.25) is 0 Å². The molecular weight excluding hydrogens is 671 g/mol. The Hall–Kier alpha value is -5.45. The Bertz CT molecular complexity index is 2030. The van der Waals surface area contributed by atoms with Crippen molar-refractivity contribution in [1.29, 1.82) is 0 Å². The molecule has 5 aromatic carbocycles. The molecule has 8 nitrogen and oxygen atoms in total. The van der Waals surface area contributed by atoms with E-state index in [9.17, 15) is 9.90 Å². The van der Waals surface area contributed by atoms with E-state index in [1.165, 1.54) is 0 Å². The van der Waals surface area contributed by atoms with Crippen LogP contribution in [-0.4, -0.2) is 28.0 Å². The van der Waals surface area contributed by atoms with Crippen LogP contribution in [0.4, 0.5) is 10.5 Å². The summed E-state index contributed by atoms with van der Waals surface area (Å²) in [6.07, 6.45) is 1.72. The second-order valence-corrected chi connectivity index (χ2v) is 13.4. The van der Waals surface area contributed by atoms with Gasteiger partial charge in [-0.2, -0.15) is 0 Å². The van der Waals surface area contributed by atoms with Gasteiger partial charge in [0.25, 0.3) is 0 Å². The molecular formula is C43H39N3O5S. The summed E-state index contributed by atoms with van der Waals surface area (Å²) in [5.41, 5.74) is 6.52. The number of aliphatic hydroxyl groups is 1. The molecule has 7 rings (SSSR count). The quantitative estimate of drug-likeness (QED) is 0.109. The minimum atomic E-state index is -0.556. The SMILES string of the molecule is O=C(NCc1ccccc1-c1ccc([C@@H]2O[C@H](CSc3ccccn3)C[C@H](c3ccc(CO)cc3)O2)cc1)Nc1ccc(Oc2ccccc2)cc1. The highest BCUT2D eigenvalue weighted by atomic mass is 32.2. The average Bonchev–Trinajstić information content (AvgIpc) is 3.21. The van der Waals surface area contributed by atoms with E-state index in [0.717, 1.165) is 49.9 Å². The number of amides is 2. The number of hydrogen-bond acceptors (Lipinski definition) is 7. The minimum absolute atomic E-state index is 0.0000999. The average molecular weight is 710 g/mol. The number of carbonyl (C=O) groups is 1. The van der Waals surface area contributed by atoms with E-state index >= 15 is 0 Å². The molecule has 2 heterocycles. The molecule has 9 heteroatoms. The zero-order valence-electron chi connectivity index (χ0n) is 28.4. The normalized spacial score (nSPS) is 16.9. The summed E-state index contributed by atoms with van der Waals surface area (Å²) < 4.78 is 18.9. The van der Waals surface area contributed by atoms with Crippen LogP contribution in [0, 0.1) is 0 Å². The lowest BCUT2D eigenvalue weighted by Crippen LogP contribution is -2.31. The van der Waals surface area contributed by atoms with E-state index < -0.39 is 6.29 Å². The fourth-order valence-corrected chi connectivity index (χ4v) is 6.87. The Morgan fingerprint density at radius 2 is 1.48 bits per heavy atom. The molecule has 0 bridgehead atoms. The van der Waals surface area contributed by atoms with Crippen molar-refractivity contribution in [3.63, 3.8) is 0 Å². The maximum atomic E-state index is 12.8. The third-order valence-electron chi connectivity index (χ3n) is 8.71. The molecule has 0 saturated carbocycles. The van der Waals surface area contributed by atoms with Gasteiger partial charge in [0.05, 0.1) is 23.8 Å². The van der Waals surface area contributed by atoms with Crippen LogP contribution >= 0.6 is 11.8 Å². The molecule has 52 heavy (non-hydrogen) atoms. The van der Waals surface area contributed by atoms with Crippen LogP contribution in [0.2, 0.25) is 0 Å². The number of thioether (sulfide) groups is 1. The van der Waals surface area contributed by atoms with Gasteiger partial charge in [-0.25, -0.2) is 9.78 Å². The number of urea groups is 1. The summed E-state index contributed by atoms with van der Waals surface area (Å²) in [5, 5.41) is 16.4. The highest BCUT2D eigenvalue weighted by Gasteiger charge is 2.32. The van der Waals surface area contributed by atoms with Crippen LogP contribution < -0.4 is 15.4 Å². The molecule has 0 spiro atoms. The highest BCUT2D eigenvalue weighted by Crippen LogP contribution is 2.40. The Kier molecular flexibility index (Phi) is 11.6. The van der Waals surface area contributed by atoms with E-state index in [-0.39, 0.29) is 24.8 Å². The van der Waals surface area contributed by atoms with Crippen LogP contribution in [0.25, 0.3) is 11.1 Å². The third kappa shape index (κ3) is 9.25. The first-order valence-electron chi connectivity index (χ1n) is 17.2. The molecule has 3 atom stereocenters. The molecule has 0 aliphatic carbocycles. The fraction of sp³-hybridized carbons (Fsp3) is 0.163. The summed E-state index contributed by atoms with van der Waals surface area (Å²) >= 11 is 1.67. The number of rotatable bonds is 12. The zero-order valence-corrected chi connectivity index (χ0v) is 29.2. The number of nitrogens with zero attached hydrogens (tertiary/aromatic N) is 1. The van der Waals surface area contributed by atoms with E-state index in [0.29, 0.717) is 24.4 Å². The lowest BCUT2D eigenvalue weighted by Gasteiger charge is -2.36. The van der Waals surface area contributed by atoms with Crippen LogP contribution in [0.5, 0.6) is 11.5 Å². The Morgan fingerprint density at radius 3 is 2.23 bits per heavy atom. The van der Waals surface area contributed by atoms with Crippen molar-refractivity contribution in [3.8, 4) is 22.6 Å². The number of carbonyl (C=O) groups excluding carboxylic acids is 1. The maximum absolute atomic E-state index is 12.8. The van der Waals surface area contributed by atoms with Crippen molar-refractivity contribution >= 4 is 23.5 Å². The van der Waals surface area contributed by atoms with Gasteiger partial charge < -0.3 is 30.0 Å². The van der Waals surface area contributed by atoms with Gasteiger partial charge in [-0.05, 0) is 76.3 Å². The molecule has 1 aliphatic rings. The molecule has 6 aromatic rings. The monoisotopic (exact) mass is 709 g/mol. The second kappa shape index (κ2) is 17.2. The Morgan fingerprint density at radius 1 is 0.769 bits per heavy atom. The van der Waals surface area contributed by atoms with Crippen LogP contribution in [0.15, 0.2) is 157 Å². The number of aliphatic hydroxyl groups excluding tert-OH is 1. The predicted molar refractivity (Wildman–Crippen MR) is 204 cm³/mol. The predicted octanol–water partition coefficient (Wildman–Crippen LogP) is 9.69. The minimum Gasteiger partial charge on any atom is -0.457 e. The van der Waals surface area contributed by atoms with Gasteiger partial charge in [-0.1, -0.05) is 97.1 Å². The first kappa shape index (κ1) is 35.0. The molecule has 1 fully saturated rings. The molecule has 1 saturated heterocycles.